The van der Waals surface area contributed by atoms with Crippen LogP contribution in [0.1, 0.15) is 43.0 Å². The van der Waals surface area contributed by atoms with E-state index in [1.807, 2.05) is 38.1 Å². The Balaban J connectivity index is 2.36. The third-order valence-corrected chi connectivity index (χ3v) is 6.08. The summed E-state index contributed by atoms with van der Waals surface area (Å²) in [5, 5.41) is 3.36. The van der Waals surface area contributed by atoms with Crippen LogP contribution in [0.2, 0.25) is 5.02 Å². The SMILES string of the molecule is CCC(C(=O)NC(C)c1ccc(C)cc1)N(c1cc(Cl)ccc1C)S(C)(=O)=O. The molecule has 0 saturated heterocycles. The van der Waals surface area contributed by atoms with Crippen molar-refractivity contribution in [2.45, 2.75) is 46.2 Å². The summed E-state index contributed by atoms with van der Waals surface area (Å²) in [6.45, 7) is 7.46. The number of sulfonamides is 1. The first-order valence-electron chi connectivity index (χ1n) is 9.17. The van der Waals surface area contributed by atoms with E-state index in [4.69, 9.17) is 11.6 Å². The van der Waals surface area contributed by atoms with E-state index >= 15 is 0 Å². The van der Waals surface area contributed by atoms with Crippen molar-refractivity contribution in [2.24, 2.45) is 0 Å². The highest BCUT2D eigenvalue weighted by atomic mass is 35.5. The van der Waals surface area contributed by atoms with Crippen molar-refractivity contribution in [3.05, 3.63) is 64.2 Å². The number of anilines is 1. The fraction of sp³-hybridized carbons (Fsp3) is 0.381. The molecule has 5 nitrogen and oxygen atoms in total. The molecule has 2 aromatic carbocycles. The number of halogens is 1. The summed E-state index contributed by atoms with van der Waals surface area (Å²) < 4.78 is 26.4. The average Bonchev–Trinajstić information content (AvgIpc) is 2.61. The van der Waals surface area contributed by atoms with Gasteiger partial charge in [-0.25, -0.2) is 8.42 Å². The minimum atomic E-state index is -3.71. The van der Waals surface area contributed by atoms with Gasteiger partial charge in [0.25, 0.3) is 0 Å². The maximum Gasteiger partial charge on any atom is 0.244 e. The maximum absolute atomic E-state index is 13.0. The Kier molecular flexibility index (Phi) is 7.12. The smallest absolute Gasteiger partial charge is 0.244 e. The Morgan fingerprint density at radius 1 is 1.14 bits per heavy atom. The van der Waals surface area contributed by atoms with Gasteiger partial charge in [0, 0.05) is 5.02 Å². The first-order chi connectivity index (χ1) is 13.0. The van der Waals surface area contributed by atoms with Crippen LogP contribution in [0.5, 0.6) is 0 Å². The van der Waals surface area contributed by atoms with Crippen molar-refractivity contribution in [1.82, 2.24) is 5.32 Å². The molecule has 0 radical (unpaired) electrons. The van der Waals surface area contributed by atoms with Crippen molar-refractivity contribution >= 4 is 33.2 Å². The maximum atomic E-state index is 13.0. The molecule has 2 aromatic rings. The third-order valence-electron chi connectivity index (χ3n) is 4.67. The van der Waals surface area contributed by atoms with Crippen molar-refractivity contribution < 1.29 is 13.2 Å². The van der Waals surface area contributed by atoms with Crippen molar-refractivity contribution in [3.63, 3.8) is 0 Å². The van der Waals surface area contributed by atoms with Crippen molar-refractivity contribution in [1.29, 1.82) is 0 Å². The van der Waals surface area contributed by atoms with Gasteiger partial charge >= 0.3 is 0 Å². The number of carbonyl (C=O) groups excluding carboxylic acids is 1. The van der Waals surface area contributed by atoms with E-state index < -0.39 is 16.1 Å². The number of amides is 1. The summed E-state index contributed by atoms with van der Waals surface area (Å²) in [4.78, 5) is 13.0. The van der Waals surface area contributed by atoms with E-state index in [9.17, 15) is 13.2 Å². The summed E-state index contributed by atoms with van der Waals surface area (Å²) in [7, 11) is -3.71. The summed E-state index contributed by atoms with van der Waals surface area (Å²) >= 11 is 6.09. The van der Waals surface area contributed by atoms with Crippen LogP contribution in [0.3, 0.4) is 0 Å². The van der Waals surface area contributed by atoms with Gasteiger partial charge in [-0.2, -0.15) is 0 Å². The number of hydrogen-bond donors (Lipinski definition) is 1. The summed E-state index contributed by atoms with van der Waals surface area (Å²) in [5.41, 5.74) is 3.24. The topological polar surface area (TPSA) is 66.5 Å². The lowest BCUT2D eigenvalue weighted by molar-refractivity contribution is -0.122. The van der Waals surface area contributed by atoms with Crippen LogP contribution >= 0.6 is 11.6 Å². The monoisotopic (exact) mass is 422 g/mol. The van der Waals surface area contributed by atoms with Crippen LogP contribution in [0.25, 0.3) is 0 Å². The number of benzene rings is 2. The fourth-order valence-corrected chi connectivity index (χ4v) is 4.53. The number of hydrogen-bond acceptors (Lipinski definition) is 3. The number of nitrogens with zero attached hydrogens (tertiary/aromatic N) is 1. The van der Waals surface area contributed by atoms with Gasteiger partial charge in [-0.15, -0.1) is 0 Å². The highest BCUT2D eigenvalue weighted by Gasteiger charge is 2.33. The zero-order valence-electron chi connectivity index (χ0n) is 16.9. The largest absolute Gasteiger partial charge is 0.348 e. The van der Waals surface area contributed by atoms with Gasteiger partial charge < -0.3 is 5.32 Å². The Hall–Kier alpha value is -2.05. The molecule has 2 atom stereocenters. The van der Waals surface area contributed by atoms with Gasteiger partial charge in [0.05, 0.1) is 18.0 Å². The molecule has 28 heavy (non-hydrogen) atoms. The molecule has 7 heteroatoms. The Morgan fingerprint density at radius 3 is 2.29 bits per heavy atom. The minimum Gasteiger partial charge on any atom is -0.348 e. The van der Waals surface area contributed by atoms with E-state index in [0.29, 0.717) is 17.1 Å². The Morgan fingerprint density at radius 2 is 1.75 bits per heavy atom. The second kappa shape index (κ2) is 8.97. The summed E-state index contributed by atoms with van der Waals surface area (Å²) in [5.74, 6) is -0.347. The molecular formula is C21H27ClN2O3S. The Labute approximate surface area is 172 Å². The quantitative estimate of drug-likeness (QED) is 0.720. The van der Waals surface area contributed by atoms with Gasteiger partial charge in [-0.1, -0.05) is 54.4 Å². The predicted octanol–water partition coefficient (Wildman–Crippen LogP) is 4.38. The molecule has 2 unspecified atom stereocenters. The van der Waals surface area contributed by atoms with Crippen LogP contribution in [0.4, 0.5) is 5.69 Å². The Bertz CT molecular complexity index is 943. The van der Waals surface area contributed by atoms with E-state index in [1.165, 1.54) is 4.31 Å². The van der Waals surface area contributed by atoms with Crippen LogP contribution in [-0.4, -0.2) is 26.6 Å². The third kappa shape index (κ3) is 5.26. The molecule has 0 aliphatic heterocycles. The number of aryl methyl sites for hydroxylation is 2. The molecule has 1 amide bonds. The van der Waals surface area contributed by atoms with Gasteiger partial charge in [0.2, 0.25) is 15.9 Å². The van der Waals surface area contributed by atoms with Crippen LogP contribution in [0, 0.1) is 13.8 Å². The molecule has 0 aliphatic carbocycles. The molecule has 1 N–H and O–H groups in total. The summed E-state index contributed by atoms with van der Waals surface area (Å²) in [6, 6.07) is 11.8. The first kappa shape index (κ1) is 22.2. The van der Waals surface area contributed by atoms with Gasteiger partial charge in [0.15, 0.2) is 0 Å². The highest BCUT2D eigenvalue weighted by Crippen LogP contribution is 2.29. The van der Waals surface area contributed by atoms with E-state index in [0.717, 1.165) is 22.9 Å². The molecule has 152 valence electrons. The van der Waals surface area contributed by atoms with Crippen molar-refractivity contribution in [2.75, 3.05) is 10.6 Å². The van der Waals surface area contributed by atoms with Crippen LogP contribution in [0.15, 0.2) is 42.5 Å². The molecule has 0 fully saturated rings. The number of carbonyl (C=O) groups is 1. The molecule has 0 heterocycles. The average molecular weight is 423 g/mol. The molecule has 2 rings (SSSR count). The molecule has 0 bridgehead atoms. The minimum absolute atomic E-state index is 0.246. The predicted molar refractivity (Wildman–Crippen MR) is 115 cm³/mol. The van der Waals surface area contributed by atoms with Gasteiger partial charge in [-0.3, -0.25) is 9.10 Å². The van der Waals surface area contributed by atoms with Crippen molar-refractivity contribution in [3.8, 4) is 0 Å². The zero-order chi connectivity index (χ0) is 21.1. The lowest BCUT2D eigenvalue weighted by Crippen LogP contribution is -2.50. The zero-order valence-corrected chi connectivity index (χ0v) is 18.4. The summed E-state index contributed by atoms with van der Waals surface area (Å²) in [6.07, 6.45) is 1.43. The lowest BCUT2D eigenvalue weighted by Gasteiger charge is -2.32. The van der Waals surface area contributed by atoms with Gasteiger partial charge in [0.1, 0.15) is 6.04 Å². The molecule has 0 spiro atoms. The fourth-order valence-electron chi connectivity index (χ4n) is 3.10. The number of nitrogens with one attached hydrogen (secondary N) is 1. The highest BCUT2D eigenvalue weighted by molar-refractivity contribution is 7.92. The molecule has 0 aromatic heterocycles. The van der Waals surface area contributed by atoms with E-state index in [1.54, 1.807) is 32.0 Å². The van der Waals surface area contributed by atoms with Crippen LogP contribution in [-0.2, 0) is 14.8 Å². The van der Waals surface area contributed by atoms with Crippen LogP contribution < -0.4 is 9.62 Å². The molecule has 0 aliphatic rings. The molecule has 0 saturated carbocycles. The van der Waals surface area contributed by atoms with Gasteiger partial charge in [-0.05, 0) is 50.5 Å². The number of rotatable bonds is 7. The van der Waals surface area contributed by atoms with E-state index in [2.05, 4.69) is 5.32 Å². The first-order valence-corrected chi connectivity index (χ1v) is 11.4. The molecular weight excluding hydrogens is 396 g/mol. The second-order valence-electron chi connectivity index (χ2n) is 7.05. The lowest BCUT2D eigenvalue weighted by atomic mass is 10.1. The standard InChI is InChI=1S/C21H27ClN2O3S/c1-6-19(21(25)23-16(4)17-10-7-14(2)8-11-17)24(28(5,26)27)20-13-18(22)12-9-15(20)3/h7-13,16,19H,6H2,1-5H3,(H,23,25). The second-order valence-corrected chi connectivity index (χ2v) is 9.35. The normalized spacial score (nSPS) is 13.6. The van der Waals surface area contributed by atoms with E-state index in [-0.39, 0.29) is 11.9 Å².